The van der Waals surface area contributed by atoms with Gasteiger partial charge in [0.15, 0.2) is 11.5 Å². The Morgan fingerprint density at radius 3 is 2.77 bits per heavy atom. The minimum Gasteiger partial charge on any atom is -0.493 e. The number of aromatic nitrogens is 1. The molecular weight excluding hydrogens is 306 g/mol. The zero-order valence-electron chi connectivity index (χ0n) is 12.0. The molecule has 0 saturated carbocycles. The van der Waals surface area contributed by atoms with Crippen LogP contribution < -0.4 is 14.9 Å². The minimum absolute atomic E-state index is 0.282. The summed E-state index contributed by atoms with van der Waals surface area (Å²) in [5.74, 6) is 0.523. The zero-order valence-corrected chi connectivity index (χ0v) is 12.8. The molecule has 22 heavy (non-hydrogen) atoms. The van der Waals surface area contributed by atoms with Gasteiger partial charge in [0, 0.05) is 6.20 Å². The molecule has 1 amide bonds. The lowest BCUT2D eigenvalue weighted by atomic mass is 10.2. The second kappa shape index (κ2) is 7.42. The van der Waals surface area contributed by atoms with E-state index in [1.54, 1.807) is 30.3 Å². The molecule has 0 unspecified atom stereocenters. The summed E-state index contributed by atoms with van der Waals surface area (Å²) < 4.78 is 10.3. The molecule has 6 nitrogen and oxygen atoms in total. The Kier molecular flexibility index (Phi) is 5.32. The van der Waals surface area contributed by atoms with E-state index in [2.05, 4.69) is 15.5 Å². The highest BCUT2D eigenvalue weighted by molar-refractivity contribution is 6.32. The highest BCUT2D eigenvalue weighted by atomic mass is 35.5. The van der Waals surface area contributed by atoms with E-state index in [0.29, 0.717) is 22.1 Å². The Hall–Kier alpha value is -2.60. The molecule has 0 spiro atoms. The van der Waals surface area contributed by atoms with Gasteiger partial charge >= 0.3 is 0 Å². The number of hydrogen-bond acceptors (Lipinski definition) is 5. The number of carbonyl (C=O) groups is 1. The number of methoxy groups -OCH3 is 2. The smallest absolute Gasteiger partial charge is 0.289 e. The Labute approximate surface area is 132 Å². The lowest BCUT2D eigenvalue weighted by Gasteiger charge is -2.09. The van der Waals surface area contributed by atoms with Crippen LogP contribution in [0.1, 0.15) is 16.1 Å². The van der Waals surface area contributed by atoms with Crippen molar-refractivity contribution in [3.05, 3.63) is 52.8 Å². The zero-order chi connectivity index (χ0) is 15.9. The number of nitrogens with one attached hydrogen (secondary N) is 1. The summed E-state index contributed by atoms with van der Waals surface area (Å²) in [6.07, 6.45) is 2.99. The summed E-state index contributed by atoms with van der Waals surface area (Å²) in [5, 5.41) is 4.26. The lowest BCUT2D eigenvalue weighted by molar-refractivity contribution is 0.0950. The van der Waals surface area contributed by atoms with E-state index in [-0.39, 0.29) is 5.69 Å². The van der Waals surface area contributed by atoms with Gasteiger partial charge in [-0.05, 0) is 29.8 Å². The molecule has 114 valence electrons. The van der Waals surface area contributed by atoms with Gasteiger partial charge in [0.25, 0.3) is 5.91 Å². The molecule has 0 saturated heterocycles. The maximum absolute atomic E-state index is 11.8. The highest BCUT2D eigenvalue weighted by Crippen LogP contribution is 2.35. The maximum atomic E-state index is 11.8. The van der Waals surface area contributed by atoms with Crippen LogP contribution in [0.25, 0.3) is 0 Å². The monoisotopic (exact) mass is 319 g/mol. The third-order valence-electron chi connectivity index (χ3n) is 2.73. The Balaban J connectivity index is 2.10. The van der Waals surface area contributed by atoms with Gasteiger partial charge in [-0.3, -0.25) is 9.78 Å². The average molecular weight is 320 g/mol. The second-order valence-electron chi connectivity index (χ2n) is 4.15. The number of nitrogens with zero attached hydrogens (tertiary/aromatic N) is 2. The summed E-state index contributed by atoms with van der Waals surface area (Å²) in [5.41, 5.74) is 3.32. The van der Waals surface area contributed by atoms with Crippen molar-refractivity contribution in [3.8, 4) is 11.5 Å². The van der Waals surface area contributed by atoms with E-state index in [1.165, 1.54) is 26.6 Å². The highest BCUT2D eigenvalue weighted by Gasteiger charge is 2.10. The number of halogens is 1. The number of rotatable bonds is 5. The first-order valence-electron chi connectivity index (χ1n) is 6.31. The molecule has 0 fully saturated rings. The lowest BCUT2D eigenvalue weighted by Crippen LogP contribution is -2.18. The number of pyridine rings is 1. The molecule has 0 bridgehead atoms. The van der Waals surface area contributed by atoms with Crippen molar-refractivity contribution < 1.29 is 14.3 Å². The van der Waals surface area contributed by atoms with Gasteiger partial charge in [0.05, 0.1) is 25.5 Å². The van der Waals surface area contributed by atoms with Gasteiger partial charge in [-0.15, -0.1) is 0 Å². The van der Waals surface area contributed by atoms with Crippen LogP contribution in [0.2, 0.25) is 5.02 Å². The summed E-state index contributed by atoms with van der Waals surface area (Å²) in [4.78, 5) is 15.7. The molecule has 1 aromatic heterocycles. The van der Waals surface area contributed by atoms with Gasteiger partial charge in [0.1, 0.15) is 5.69 Å². The summed E-state index contributed by atoms with van der Waals surface area (Å²) in [6, 6.07) is 8.39. The number of ether oxygens (including phenoxy) is 2. The van der Waals surface area contributed by atoms with Gasteiger partial charge in [0.2, 0.25) is 0 Å². The van der Waals surface area contributed by atoms with Crippen LogP contribution in [-0.2, 0) is 0 Å². The summed E-state index contributed by atoms with van der Waals surface area (Å²) >= 11 is 6.09. The molecule has 0 aliphatic heterocycles. The van der Waals surface area contributed by atoms with Crippen LogP contribution in [0.5, 0.6) is 11.5 Å². The second-order valence-corrected chi connectivity index (χ2v) is 4.56. The minimum atomic E-state index is -0.400. The molecule has 1 aromatic carbocycles. The van der Waals surface area contributed by atoms with Crippen molar-refractivity contribution in [1.82, 2.24) is 10.4 Å². The van der Waals surface area contributed by atoms with Crippen molar-refractivity contribution in [3.63, 3.8) is 0 Å². The van der Waals surface area contributed by atoms with Crippen molar-refractivity contribution in [1.29, 1.82) is 0 Å². The van der Waals surface area contributed by atoms with Crippen LogP contribution in [0, 0.1) is 0 Å². The van der Waals surface area contributed by atoms with Crippen LogP contribution >= 0.6 is 11.6 Å². The van der Waals surface area contributed by atoms with Gasteiger partial charge in [-0.25, -0.2) is 5.43 Å². The van der Waals surface area contributed by atoms with Crippen molar-refractivity contribution in [2.75, 3.05) is 14.2 Å². The largest absolute Gasteiger partial charge is 0.493 e. The third-order valence-corrected chi connectivity index (χ3v) is 3.01. The van der Waals surface area contributed by atoms with E-state index in [0.717, 1.165) is 0 Å². The fraction of sp³-hybridized carbons (Fsp3) is 0.133. The van der Waals surface area contributed by atoms with Gasteiger partial charge < -0.3 is 9.47 Å². The predicted molar refractivity (Wildman–Crippen MR) is 83.9 cm³/mol. The first-order valence-corrected chi connectivity index (χ1v) is 6.69. The van der Waals surface area contributed by atoms with Crippen molar-refractivity contribution in [2.45, 2.75) is 0 Å². The van der Waals surface area contributed by atoms with Crippen LogP contribution in [0.15, 0.2) is 41.6 Å². The molecule has 1 N–H and O–H groups in total. The molecule has 0 aliphatic rings. The molecule has 0 aliphatic carbocycles. The normalized spacial score (nSPS) is 10.5. The van der Waals surface area contributed by atoms with E-state index in [4.69, 9.17) is 21.1 Å². The third kappa shape index (κ3) is 3.73. The molecule has 0 radical (unpaired) electrons. The first kappa shape index (κ1) is 15.8. The summed E-state index contributed by atoms with van der Waals surface area (Å²) in [6.45, 7) is 0. The molecular formula is C15H14ClN3O3. The topological polar surface area (TPSA) is 72.8 Å². The summed E-state index contributed by atoms with van der Waals surface area (Å²) in [7, 11) is 3.02. The Morgan fingerprint density at radius 2 is 2.14 bits per heavy atom. The SMILES string of the molecule is COc1cc(/C=N\NC(=O)c2ccccn2)cc(Cl)c1OC. The average Bonchev–Trinajstić information content (AvgIpc) is 2.55. The predicted octanol–water partition coefficient (Wildman–Crippen LogP) is 2.52. The Morgan fingerprint density at radius 1 is 1.32 bits per heavy atom. The van der Waals surface area contributed by atoms with Crippen molar-refractivity contribution >= 4 is 23.7 Å². The maximum Gasteiger partial charge on any atom is 0.289 e. The molecule has 7 heteroatoms. The number of hydrogen-bond donors (Lipinski definition) is 1. The van der Waals surface area contributed by atoms with Crippen LogP contribution in [0.3, 0.4) is 0 Å². The van der Waals surface area contributed by atoms with E-state index < -0.39 is 5.91 Å². The van der Waals surface area contributed by atoms with E-state index in [1.807, 2.05) is 0 Å². The van der Waals surface area contributed by atoms with Crippen LogP contribution in [0.4, 0.5) is 0 Å². The fourth-order valence-corrected chi connectivity index (χ4v) is 2.03. The van der Waals surface area contributed by atoms with Crippen molar-refractivity contribution in [2.24, 2.45) is 5.10 Å². The van der Waals surface area contributed by atoms with Crippen LogP contribution in [-0.4, -0.2) is 31.3 Å². The standard InChI is InChI=1S/C15H14ClN3O3/c1-21-13-8-10(7-11(16)14(13)22-2)9-18-19-15(20)12-5-3-4-6-17-12/h3-9H,1-2H3,(H,19,20)/b18-9-. The van der Waals surface area contributed by atoms with Gasteiger partial charge in [-0.2, -0.15) is 5.10 Å². The van der Waals surface area contributed by atoms with E-state index >= 15 is 0 Å². The molecule has 2 rings (SSSR count). The quantitative estimate of drug-likeness (QED) is 0.679. The first-order chi connectivity index (χ1) is 10.7. The van der Waals surface area contributed by atoms with Gasteiger partial charge in [-0.1, -0.05) is 17.7 Å². The number of amides is 1. The number of hydrazone groups is 1. The Bertz CT molecular complexity index is 690. The molecule has 1 heterocycles. The van der Waals surface area contributed by atoms with E-state index in [9.17, 15) is 4.79 Å². The number of benzene rings is 1. The fourth-order valence-electron chi connectivity index (χ4n) is 1.73. The molecule has 2 aromatic rings. The number of carbonyl (C=O) groups excluding carboxylic acids is 1. The molecule has 0 atom stereocenters.